The number of pyridine rings is 2. The second-order valence-corrected chi connectivity index (χ2v) is 15.9. The van der Waals surface area contributed by atoms with Gasteiger partial charge in [-0.25, -0.2) is 0 Å². The normalized spacial score (nSPS) is 21.0. The third-order valence-corrected chi connectivity index (χ3v) is 13.8. The van der Waals surface area contributed by atoms with Crippen LogP contribution in [0.1, 0.15) is 30.0 Å². The van der Waals surface area contributed by atoms with Crippen molar-refractivity contribution >= 4 is 49.3 Å². The van der Waals surface area contributed by atoms with E-state index in [-0.39, 0.29) is 24.7 Å². The van der Waals surface area contributed by atoms with Crippen LogP contribution in [0.2, 0.25) is 10.6 Å². The summed E-state index contributed by atoms with van der Waals surface area (Å²) in [5, 5.41) is 2.73. The van der Waals surface area contributed by atoms with Gasteiger partial charge in [-0.1, -0.05) is 18.2 Å². The number of carbonyl (C=O) groups excluding carboxylic acids is 2. The van der Waals surface area contributed by atoms with E-state index in [1.54, 1.807) is 17.6 Å². The van der Waals surface area contributed by atoms with E-state index >= 15 is 0 Å². The second kappa shape index (κ2) is 8.24. The van der Waals surface area contributed by atoms with Crippen LogP contribution in [0.3, 0.4) is 0 Å². The van der Waals surface area contributed by atoms with Gasteiger partial charge in [0.1, 0.15) is 0 Å². The standard InChI is InChI=1S/C24H20N2O6Se2/c1-2-24(32-23(29)31-15-11-33-34-12-15)17-8-19-20-14(7-13-5-3-4-6-18(13)25-20)9-26(19)21(27)16(17)10-30-22(24)28/h3-8,15H,2,9-12H2,1H3/t24-/m0/s1. The van der Waals surface area contributed by atoms with Crippen molar-refractivity contribution in [1.82, 2.24) is 9.55 Å². The molecule has 0 spiro atoms. The number of carbonyl (C=O) groups is 2. The van der Waals surface area contributed by atoms with Gasteiger partial charge in [0.25, 0.3) is 0 Å². The molecule has 10 heteroatoms. The van der Waals surface area contributed by atoms with Crippen molar-refractivity contribution in [3.8, 4) is 11.4 Å². The molecule has 2 aromatic heterocycles. The SMILES string of the molecule is CC[C@@]1(OC(=O)OC2C[Se][Se]C2)C(=O)OCc2c1cc1n(c2=O)Cc2cc3ccccc3nc2-1. The summed E-state index contributed by atoms with van der Waals surface area (Å²) < 4.78 is 18.2. The minimum atomic E-state index is -1.73. The molecule has 3 aliphatic heterocycles. The van der Waals surface area contributed by atoms with E-state index in [9.17, 15) is 14.4 Å². The van der Waals surface area contributed by atoms with Crippen molar-refractivity contribution in [1.29, 1.82) is 0 Å². The van der Waals surface area contributed by atoms with Crippen LogP contribution in [0.15, 0.2) is 41.2 Å². The third kappa shape index (κ3) is 3.32. The molecule has 1 saturated heterocycles. The topological polar surface area (TPSA) is 96.7 Å². The fourth-order valence-corrected chi connectivity index (χ4v) is 12.7. The molecule has 3 aromatic rings. The summed E-state index contributed by atoms with van der Waals surface area (Å²) >= 11 is 1.05. The molecule has 5 heterocycles. The van der Waals surface area contributed by atoms with Crippen LogP contribution in [0.5, 0.6) is 0 Å². The molecule has 0 bridgehead atoms. The van der Waals surface area contributed by atoms with E-state index < -0.39 is 17.7 Å². The molecule has 8 nitrogen and oxygen atoms in total. The number of esters is 1. The predicted molar refractivity (Wildman–Crippen MR) is 125 cm³/mol. The average Bonchev–Trinajstić information content (AvgIpc) is 3.47. The molecule has 0 N–H and O–H groups in total. The van der Waals surface area contributed by atoms with Gasteiger partial charge in [0, 0.05) is 5.39 Å². The molecule has 1 aromatic carbocycles. The third-order valence-electron chi connectivity index (χ3n) is 6.50. The van der Waals surface area contributed by atoms with Gasteiger partial charge in [0.15, 0.2) is 0 Å². The summed E-state index contributed by atoms with van der Waals surface area (Å²) in [6, 6.07) is 11.6. The number of nitrogens with zero attached hydrogens (tertiary/aromatic N) is 2. The van der Waals surface area contributed by atoms with Gasteiger partial charge in [0.05, 0.1) is 0 Å². The van der Waals surface area contributed by atoms with E-state index in [1.165, 1.54) is 0 Å². The first-order valence-electron chi connectivity index (χ1n) is 11.0. The Labute approximate surface area is 205 Å². The molecule has 0 aliphatic carbocycles. The summed E-state index contributed by atoms with van der Waals surface area (Å²) in [7, 11) is 0. The van der Waals surface area contributed by atoms with Crippen LogP contribution in [0, 0.1) is 0 Å². The quantitative estimate of drug-likeness (QED) is 0.268. The van der Waals surface area contributed by atoms with Gasteiger partial charge in [0.2, 0.25) is 0 Å². The maximum absolute atomic E-state index is 13.5. The van der Waals surface area contributed by atoms with E-state index in [0.717, 1.165) is 27.1 Å². The van der Waals surface area contributed by atoms with Crippen LogP contribution < -0.4 is 5.56 Å². The molecule has 1 atom stereocenters. The number of ether oxygens (including phenoxy) is 3. The van der Waals surface area contributed by atoms with Crippen molar-refractivity contribution in [2.45, 2.75) is 48.8 Å². The molecule has 6 rings (SSSR count). The first-order valence-corrected chi connectivity index (χ1v) is 17.7. The Morgan fingerprint density at radius 1 is 1.24 bits per heavy atom. The fraction of sp³-hybridized carbons (Fsp3) is 0.333. The van der Waals surface area contributed by atoms with E-state index in [0.29, 0.717) is 55.3 Å². The van der Waals surface area contributed by atoms with Gasteiger partial charge >= 0.3 is 177 Å². The van der Waals surface area contributed by atoms with Crippen LogP contribution in [-0.4, -0.2) is 54.0 Å². The average molecular weight is 590 g/mol. The number of benzene rings is 1. The van der Waals surface area contributed by atoms with Gasteiger partial charge in [-0.3, -0.25) is 0 Å². The van der Waals surface area contributed by atoms with Crippen LogP contribution in [0.25, 0.3) is 22.3 Å². The Morgan fingerprint density at radius 2 is 2.03 bits per heavy atom. The zero-order chi connectivity index (χ0) is 23.4. The number of cyclic esters (lactones) is 1. The molecule has 0 radical (unpaired) electrons. The van der Waals surface area contributed by atoms with Crippen molar-refractivity contribution in [3.05, 3.63) is 63.4 Å². The Balaban J connectivity index is 1.47. The van der Waals surface area contributed by atoms with Gasteiger partial charge < -0.3 is 0 Å². The summed E-state index contributed by atoms with van der Waals surface area (Å²) in [5.74, 6) is -0.687. The second-order valence-electron chi connectivity index (χ2n) is 8.42. The molecule has 34 heavy (non-hydrogen) atoms. The molecule has 174 valence electrons. The van der Waals surface area contributed by atoms with Crippen molar-refractivity contribution in [3.63, 3.8) is 0 Å². The van der Waals surface area contributed by atoms with Gasteiger partial charge in [-0.15, -0.1) is 0 Å². The summed E-state index contributed by atoms with van der Waals surface area (Å²) in [5.41, 5.74) is 1.74. The Morgan fingerprint density at radius 3 is 2.82 bits per heavy atom. The van der Waals surface area contributed by atoms with Crippen molar-refractivity contribution in [2.24, 2.45) is 0 Å². The van der Waals surface area contributed by atoms with E-state index in [4.69, 9.17) is 19.2 Å². The summed E-state index contributed by atoms with van der Waals surface area (Å²) in [6.07, 6.45) is -0.932. The van der Waals surface area contributed by atoms with Crippen LogP contribution in [0.4, 0.5) is 4.79 Å². The summed E-state index contributed by atoms with van der Waals surface area (Å²) in [4.78, 5) is 44.1. The number of para-hydroxylation sites is 1. The van der Waals surface area contributed by atoms with E-state index in [2.05, 4.69) is 0 Å². The van der Waals surface area contributed by atoms with E-state index in [1.807, 2.05) is 30.3 Å². The minimum absolute atomic E-state index is 0.118. The zero-order valence-corrected chi connectivity index (χ0v) is 21.7. The Kier molecular flexibility index (Phi) is 5.30. The molecule has 1 fully saturated rings. The number of hydrogen-bond acceptors (Lipinski definition) is 7. The van der Waals surface area contributed by atoms with Gasteiger partial charge in [-0.2, -0.15) is 0 Å². The molecular weight excluding hydrogens is 570 g/mol. The Hall–Kier alpha value is -2.64. The molecule has 3 aliphatic rings. The molecular formula is C24H20N2O6Se2. The Bertz CT molecular complexity index is 1410. The van der Waals surface area contributed by atoms with Crippen molar-refractivity contribution in [2.75, 3.05) is 0 Å². The molecule has 0 saturated carbocycles. The molecule has 0 amide bonds. The van der Waals surface area contributed by atoms with Crippen LogP contribution in [-0.2, 0) is 37.8 Å². The number of rotatable bonds is 3. The van der Waals surface area contributed by atoms with Crippen LogP contribution >= 0.6 is 0 Å². The zero-order valence-electron chi connectivity index (χ0n) is 18.2. The maximum atomic E-state index is 13.5. The number of fused-ring (bicyclic) bond motifs is 5. The van der Waals surface area contributed by atoms with Gasteiger partial charge in [-0.05, 0) is 6.07 Å². The fourth-order valence-electron chi connectivity index (χ4n) is 4.75. The monoisotopic (exact) mass is 592 g/mol. The first-order chi connectivity index (χ1) is 16.5. The van der Waals surface area contributed by atoms with Crippen molar-refractivity contribution < 1.29 is 23.8 Å². The molecule has 0 unspecified atom stereocenters. The summed E-state index contributed by atoms with van der Waals surface area (Å²) in [6.45, 7) is 1.96. The number of hydrogen-bond donors (Lipinski definition) is 0. The first kappa shape index (κ1) is 21.9. The number of aromatic nitrogens is 2. The predicted octanol–water partition coefficient (Wildman–Crippen LogP) is 2.78.